The molecule has 1 atom stereocenters. The monoisotopic (exact) mass is 511 g/mol. The van der Waals surface area contributed by atoms with Gasteiger partial charge in [-0.25, -0.2) is 9.69 Å². The number of fused-ring (bicyclic) bond motifs is 1. The number of hydrogen-bond donors (Lipinski definition) is 1. The summed E-state index contributed by atoms with van der Waals surface area (Å²) < 4.78 is 2.03. The number of carbonyl (C=O) groups is 3. The van der Waals surface area contributed by atoms with Crippen LogP contribution in [0.2, 0.25) is 5.02 Å². The van der Waals surface area contributed by atoms with Gasteiger partial charge >= 0.3 is 6.03 Å². The second-order valence-corrected chi connectivity index (χ2v) is 9.59. The van der Waals surface area contributed by atoms with Crippen LogP contribution in [0.5, 0.6) is 0 Å². The van der Waals surface area contributed by atoms with Crippen LogP contribution in [-0.2, 0) is 16.1 Å². The van der Waals surface area contributed by atoms with Gasteiger partial charge in [0.15, 0.2) is 0 Å². The number of carbonyl (C=O) groups excluding carboxylic acids is 3. The highest BCUT2D eigenvalue weighted by Crippen LogP contribution is 2.29. The van der Waals surface area contributed by atoms with Crippen molar-refractivity contribution in [1.29, 1.82) is 0 Å². The van der Waals surface area contributed by atoms with Gasteiger partial charge in [0.25, 0.3) is 11.8 Å². The van der Waals surface area contributed by atoms with E-state index < -0.39 is 17.8 Å². The van der Waals surface area contributed by atoms with Gasteiger partial charge in [-0.05, 0) is 53.8 Å². The fraction of sp³-hybridized carbons (Fsp3) is 0.167. The summed E-state index contributed by atoms with van der Waals surface area (Å²) in [5, 5.41) is 3.86. The van der Waals surface area contributed by atoms with Crippen molar-refractivity contribution in [2.75, 3.05) is 4.90 Å². The fourth-order valence-corrected chi connectivity index (χ4v) is 4.76. The van der Waals surface area contributed by atoms with E-state index in [1.165, 1.54) is 0 Å². The van der Waals surface area contributed by atoms with E-state index in [9.17, 15) is 14.4 Å². The smallest absolute Gasteiger partial charge is 0.335 e. The summed E-state index contributed by atoms with van der Waals surface area (Å²) in [5.74, 6) is -1.02. The minimum Gasteiger partial charge on any atom is -0.342 e. The molecule has 0 unspecified atom stereocenters. The summed E-state index contributed by atoms with van der Waals surface area (Å²) in [6, 6.07) is 21.9. The Morgan fingerprint density at radius 1 is 0.946 bits per heavy atom. The third-order valence-electron chi connectivity index (χ3n) is 6.85. The number of nitrogens with zero attached hydrogens (tertiary/aromatic N) is 2. The van der Waals surface area contributed by atoms with E-state index in [1.807, 2.05) is 71.4 Å². The van der Waals surface area contributed by atoms with Crippen LogP contribution < -0.4 is 10.2 Å². The van der Waals surface area contributed by atoms with Gasteiger partial charge in [0.2, 0.25) is 0 Å². The fourth-order valence-electron chi connectivity index (χ4n) is 4.57. The Labute approximate surface area is 220 Å². The van der Waals surface area contributed by atoms with Crippen LogP contribution in [0, 0.1) is 0 Å². The summed E-state index contributed by atoms with van der Waals surface area (Å²) in [4.78, 5) is 39.9. The third-order valence-corrected chi connectivity index (χ3v) is 7.22. The average molecular weight is 512 g/mol. The maximum absolute atomic E-state index is 13.5. The Hall–Kier alpha value is -4.16. The van der Waals surface area contributed by atoms with Gasteiger partial charge in [-0.15, -0.1) is 0 Å². The number of halogens is 1. The van der Waals surface area contributed by atoms with Gasteiger partial charge in [0, 0.05) is 34.2 Å². The first-order valence-electron chi connectivity index (χ1n) is 12.2. The molecule has 186 valence electrons. The van der Waals surface area contributed by atoms with Crippen LogP contribution in [-0.4, -0.2) is 22.4 Å². The molecule has 1 saturated heterocycles. The first kappa shape index (κ1) is 24.5. The molecule has 37 heavy (non-hydrogen) atoms. The molecule has 4 aromatic rings. The zero-order valence-electron chi connectivity index (χ0n) is 20.6. The van der Waals surface area contributed by atoms with Crippen molar-refractivity contribution < 1.29 is 14.4 Å². The van der Waals surface area contributed by atoms with Crippen molar-refractivity contribution in [2.45, 2.75) is 32.7 Å². The SMILES string of the molecule is CC[C@@H](C)c1ccc(N2C(=O)NC(=O)/C(=C\c3cn(Cc4ccccc4Cl)c4ccccc34)C2=O)cc1. The standard InChI is InChI=1S/C30H26ClN3O3/c1-3-19(2)20-12-14-23(15-13-20)34-29(36)25(28(35)32-30(34)37)16-22-18-33(27-11-7-5-9-24(22)27)17-21-8-4-6-10-26(21)31/h4-16,18-19H,3,17H2,1-2H3,(H,32,35,37)/b25-16+/t19-/m1/s1. The quantitative estimate of drug-likeness (QED) is 0.236. The maximum Gasteiger partial charge on any atom is 0.335 e. The normalized spacial score (nSPS) is 15.9. The summed E-state index contributed by atoms with van der Waals surface area (Å²) in [5.41, 5.74) is 4.01. The Morgan fingerprint density at radius 3 is 2.38 bits per heavy atom. The van der Waals surface area contributed by atoms with Crippen molar-refractivity contribution in [3.05, 3.63) is 106 Å². The molecule has 2 heterocycles. The summed E-state index contributed by atoms with van der Waals surface area (Å²) in [6.45, 7) is 4.75. The van der Waals surface area contributed by atoms with Crippen molar-refractivity contribution in [2.24, 2.45) is 0 Å². The van der Waals surface area contributed by atoms with Gasteiger partial charge in [0.05, 0.1) is 5.69 Å². The Kier molecular flexibility index (Phi) is 6.68. The third kappa shape index (κ3) is 4.68. The van der Waals surface area contributed by atoms with E-state index in [0.717, 1.165) is 33.4 Å². The molecule has 1 N–H and O–H groups in total. The molecule has 1 aromatic heterocycles. The van der Waals surface area contributed by atoms with Gasteiger partial charge in [-0.2, -0.15) is 0 Å². The molecule has 0 spiro atoms. The first-order valence-corrected chi connectivity index (χ1v) is 12.6. The molecular formula is C30H26ClN3O3. The molecule has 0 radical (unpaired) electrons. The van der Waals surface area contributed by atoms with E-state index in [-0.39, 0.29) is 5.57 Å². The molecule has 0 bridgehead atoms. The number of benzene rings is 3. The molecular weight excluding hydrogens is 486 g/mol. The highest BCUT2D eigenvalue weighted by atomic mass is 35.5. The molecule has 6 nitrogen and oxygen atoms in total. The topological polar surface area (TPSA) is 71.4 Å². The lowest BCUT2D eigenvalue weighted by Gasteiger charge is -2.26. The van der Waals surface area contributed by atoms with Crippen LogP contribution in [0.4, 0.5) is 10.5 Å². The van der Waals surface area contributed by atoms with Gasteiger partial charge in [-0.3, -0.25) is 14.9 Å². The van der Waals surface area contributed by atoms with Crippen molar-refractivity contribution >= 4 is 52.1 Å². The van der Waals surface area contributed by atoms with E-state index in [2.05, 4.69) is 19.2 Å². The first-order chi connectivity index (χ1) is 17.9. The largest absolute Gasteiger partial charge is 0.342 e. The summed E-state index contributed by atoms with van der Waals surface area (Å²) in [7, 11) is 0. The number of hydrogen-bond acceptors (Lipinski definition) is 3. The predicted octanol–water partition coefficient (Wildman–Crippen LogP) is 6.52. The summed E-state index contributed by atoms with van der Waals surface area (Å²) in [6.07, 6.45) is 4.42. The van der Waals surface area contributed by atoms with Crippen LogP contribution in [0.3, 0.4) is 0 Å². The highest BCUT2D eigenvalue weighted by molar-refractivity contribution is 6.39. The van der Waals surface area contributed by atoms with Gasteiger partial charge in [-0.1, -0.05) is 74.0 Å². The number of para-hydroxylation sites is 1. The number of barbiturate groups is 1. The maximum atomic E-state index is 13.5. The van der Waals surface area contributed by atoms with Crippen LogP contribution in [0.15, 0.2) is 84.6 Å². The molecule has 0 saturated carbocycles. The number of imide groups is 2. The minimum absolute atomic E-state index is 0.105. The molecule has 1 aliphatic heterocycles. The van der Waals surface area contributed by atoms with E-state index in [1.54, 1.807) is 18.2 Å². The predicted molar refractivity (Wildman–Crippen MR) is 147 cm³/mol. The zero-order chi connectivity index (χ0) is 26.1. The second kappa shape index (κ2) is 10.1. The van der Waals surface area contributed by atoms with Crippen LogP contribution in [0.1, 0.15) is 42.9 Å². The number of rotatable bonds is 6. The highest BCUT2D eigenvalue weighted by Gasteiger charge is 2.37. The molecule has 1 fully saturated rings. The van der Waals surface area contributed by atoms with Crippen LogP contribution >= 0.6 is 11.6 Å². The summed E-state index contributed by atoms with van der Waals surface area (Å²) >= 11 is 6.39. The Bertz CT molecular complexity index is 1550. The molecule has 1 aliphatic rings. The minimum atomic E-state index is -0.760. The van der Waals surface area contributed by atoms with Crippen molar-refractivity contribution in [3.63, 3.8) is 0 Å². The second-order valence-electron chi connectivity index (χ2n) is 9.18. The lowest BCUT2D eigenvalue weighted by molar-refractivity contribution is -0.122. The number of nitrogens with one attached hydrogen (secondary N) is 1. The van der Waals surface area contributed by atoms with Crippen molar-refractivity contribution in [1.82, 2.24) is 9.88 Å². The van der Waals surface area contributed by atoms with E-state index in [0.29, 0.717) is 28.7 Å². The molecule has 3 aromatic carbocycles. The number of anilines is 1. The van der Waals surface area contributed by atoms with E-state index >= 15 is 0 Å². The van der Waals surface area contributed by atoms with Crippen LogP contribution in [0.25, 0.3) is 17.0 Å². The van der Waals surface area contributed by atoms with Crippen molar-refractivity contribution in [3.8, 4) is 0 Å². The molecule has 0 aliphatic carbocycles. The molecule has 4 amide bonds. The number of urea groups is 1. The Morgan fingerprint density at radius 2 is 1.65 bits per heavy atom. The zero-order valence-corrected chi connectivity index (χ0v) is 21.3. The van der Waals surface area contributed by atoms with Gasteiger partial charge < -0.3 is 4.57 Å². The van der Waals surface area contributed by atoms with E-state index in [4.69, 9.17) is 11.6 Å². The number of amides is 4. The molecule has 7 heteroatoms. The van der Waals surface area contributed by atoms with Gasteiger partial charge in [0.1, 0.15) is 5.57 Å². The average Bonchev–Trinajstić information content (AvgIpc) is 3.25. The lowest BCUT2D eigenvalue weighted by atomic mass is 9.98. The Balaban J connectivity index is 1.53. The number of aromatic nitrogens is 1. The molecule has 5 rings (SSSR count). The lowest BCUT2D eigenvalue weighted by Crippen LogP contribution is -2.54.